The van der Waals surface area contributed by atoms with E-state index in [9.17, 15) is 0 Å². The lowest BCUT2D eigenvalue weighted by Crippen LogP contribution is -2.23. The molecule has 1 rings (SSSR count). The Morgan fingerprint density at radius 2 is 1.45 bits per heavy atom. The molecule has 0 unspecified atom stereocenters. The van der Waals surface area contributed by atoms with E-state index < -0.39 is 10.4 Å². The van der Waals surface area contributed by atoms with Gasteiger partial charge in [0.2, 0.25) is 0 Å². The molecule has 12 heteroatoms. The number of hydrogen-bond acceptors (Lipinski definition) is 4. The fraction of sp³-hybridized carbons (Fsp3) is 0.750. The van der Waals surface area contributed by atoms with Crippen molar-refractivity contribution in [1.29, 1.82) is 0 Å². The molecule has 0 radical (unpaired) electrons. The average Bonchev–Trinajstić information content (AvgIpc) is 2.45. The van der Waals surface area contributed by atoms with Gasteiger partial charge in [-0.25, -0.2) is 0 Å². The molecular formula is C8H28N2O9S. The zero-order chi connectivity index (χ0) is 11.9. The molecule has 0 aromatic heterocycles. The zero-order valence-corrected chi connectivity index (χ0v) is 12.3. The normalized spacial score (nSPS) is 11.4. The summed E-state index contributed by atoms with van der Waals surface area (Å²) < 4.78 is 31.6. The Labute approximate surface area is 118 Å². The van der Waals surface area contributed by atoms with Crippen LogP contribution in [0, 0.1) is 0 Å². The third-order valence-corrected chi connectivity index (χ3v) is 1.74. The molecule has 11 nitrogen and oxygen atoms in total. The molecule has 0 saturated carbocycles. The lowest BCUT2D eigenvalue weighted by Gasteiger charge is -2.17. The molecule has 0 amide bonds. The molecule has 0 saturated heterocycles. The number of nitrogens with zero attached hydrogens (tertiary/aromatic N) is 2. The minimum atomic E-state index is -4.67. The lowest BCUT2D eigenvalue weighted by molar-refractivity contribution is 0.293. The van der Waals surface area contributed by atoms with Gasteiger partial charge in [-0.15, -0.1) is 0 Å². The van der Waals surface area contributed by atoms with Crippen molar-refractivity contribution in [2.75, 3.05) is 20.3 Å². The van der Waals surface area contributed by atoms with Crippen LogP contribution in [0.5, 0.6) is 0 Å². The van der Waals surface area contributed by atoms with Crippen LogP contribution in [0.3, 0.4) is 0 Å². The second-order valence-electron chi connectivity index (χ2n) is 3.31. The van der Waals surface area contributed by atoms with Crippen molar-refractivity contribution in [1.82, 2.24) is 9.80 Å². The summed E-state index contributed by atoms with van der Waals surface area (Å²) in [6, 6.07) is 0. The van der Waals surface area contributed by atoms with Gasteiger partial charge in [-0.2, -0.15) is 8.42 Å². The highest BCUT2D eigenvalue weighted by Gasteiger charge is 2.05. The summed E-state index contributed by atoms with van der Waals surface area (Å²) in [5, 5.41) is 0. The second-order valence-corrected chi connectivity index (χ2v) is 4.21. The van der Waals surface area contributed by atoms with Crippen molar-refractivity contribution in [3.8, 4) is 0 Å². The fourth-order valence-corrected chi connectivity index (χ4v) is 1.10. The first-order valence-electron chi connectivity index (χ1n) is 4.65. The Hall–Kier alpha value is -0.990. The summed E-state index contributed by atoms with van der Waals surface area (Å²) >= 11 is 0. The molecule has 0 fully saturated rings. The standard InChI is InChI=1S/C8H16N2.H2O4S.5H2O/c1-3-4-5-10-7-6-9(2)8-10;1-5(2,3)4;;;;;/h6-7H,3-5,8H2,1-2H3;(H2,1,2,3,4);5*1H2. The first-order chi connectivity index (χ1) is 6.83. The van der Waals surface area contributed by atoms with Gasteiger partial charge in [-0.1, -0.05) is 13.3 Å². The third kappa shape index (κ3) is 30.2. The van der Waals surface area contributed by atoms with Gasteiger partial charge in [0.1, 0.15) is 0 Å². The Morgan fingerprint density at radius 3 is 1.70 bits per heavy atom. The summed E-state index contributed by atoms with van der Waals surface area (Å²) in [5.41, 5.74) is 0. The van der Waals surface area contributed by atoms with E-state index in [-0.39, 0.29) is 27.4 Å². The van der Waals surface area contributed by atoms with E-state index in [1.807, 2.05) is 0 Å². The largest absolute Gasteiger partial charge is 0.412 e. The topological polar surface area (TPSA) is 239 Å². The maximum atomic E-state index is 8.74. The number of unbranched alkanes of at least 4 members (excludes halogenated alkanes) is 1. The molecule has 0 aromatic carbocycles. The zero-order valence-electron chi connectivity index (χ0n) is 11.5. The molecule has 1 heterocycles. The molecule has 1 aliphatic heterocycles. The van der Waals surface area contributed by atoms with Crippen LogP contribution < -0.4 is 0 Å². The van der Waals surface area contributed by atoms with Gasteiger partial charge < -0.3 is 37.2 Å². The summed E-state index contributed by atoms with van der Waals surface area (Å²) in [6.45, 7) is 4.50. The molecule has 20 heavy (non-hydrogen) atoms. The van der Waals surface area contributed by atoms with E-state index in [1.54, 1.807) is 0 Å². The first kappa shape index (κ1) is 36.4. The van der Waals surface area contributed by atoms with Gasteiger partial charge >= 0.3 is 10.4 Å². The molecule has 0 aliphatic carbocycles. The van der Waals surface area contributed by atoms with Gasteiger partial charge in [-0.3, -0.25) is 9.11 Å². The van der Waals surface area contributed by atoms with E-state index in [0.29, 0.717) is 0 Å². The lowest BCUT2D eigenvalue weighted by atomic mass is 10.3. The fourth-order valence-electron chi connectivity index (χ4n) is 1.10. The minimum absolute atomic E-state index is 0. The molecule has 12 N–H and O–H groups in total. The summed E-state index contributed by atoms with van der Waals surface area (Å²) in [4.78, 5) is 4.53. The first-order valence-corrected chi connectivity index (χ1v) is 6.05. The van der Waals surface area contributed by atoms with Crippen LogP contribution in [-0.4, -0.2) is 75.0 Å². The number of rotatable bonds is 3. The van der Waals surface area contributed by atoms with Crippen molar-refractivity contribution in [2.45, 2.75) is 19.8 Å². The van der Waals surface area contributed by atoms with Crippen molar-refractivity contribution >= 4 is 10.4 Å². The molecule has 0 atom stereocenters. The third-order valence-electron chi connectivity index (χ3n) is 1.74. The highest BCUT2D eigenvalue weighted by atomic mass is 32.3. The SMILES string of the molecule is CCCCN1C=CN(C)C1.O.O.O.O.O.O=S(=O)(O)O. The Bertz CT molecular complexity index is 288. The van der Waals surface area contributed by atoms with Crippen LogP contribution in [-0.2, 0) is 10.4 Å². The number of hydrogen-bond donors (Lipinski definition) is 2. The van der Waals surface area contributed by atoms with Crippen molar-refractivity contribution in [3.05, 3.63) is 12.4 Å². The van der Waals surface area contributed by atoms with E-state index in [1.165, 1.54) is 19.4 Å². The van der Waals surface area contributed by atoms with E-state index in [0.717, 1.165) is 6.67 Å². The predicted molar refractivity (Wildman–Crippen MR) is 75.6 cm³/mol. The van der Waals surface area contributed by atoms with E-state index in [2.05, 4.69) is 36.2 Å². The average molecular weight is 328 g/mol. The predicted octanol–water partition coefficient (Wildman–Crippen LogP) is -3.31. The van der Waals surface area contributed by atoms with Gasteiger partial charge in [-0.05, 0) is 6.42 Å². The molecule has 0 bridgehead atoms. The van der Waals surface area contributed by atoms with Gasteiger partial charge in [0, 0.05) is 26.0 Å². The van der Waals surface area contributed by atoms with Crippen LogP contribution >= 0.6 is 0 Å². The van der Waals surface area contributed by atoms with Gasteiger partial charge in [0.15, 0.2) is 0 Å². The quantitative estimate of drug-likeness (QED) is 0.502. The second kappa shape index (κ2) is 18.0. The maximum absolute atomic E-state index is 8.74. The van der Waals surface area contributed by atoms with Crippen LogP contribution in [0.15, 0.2) is 12.4 Å². The highest BCUT2D eigenvalue weighted by molar-refractivity contribution is 7.79. The molecule has 0 spiro atoms. The molecule has 1 aliphatic rings. The van der Waals surface area contributed by atoms with Crippen LogP contribution in [0.4, 0.5) is 0 Å². The van der Waals surface area contributed by atoms with Crippen molar-refractivity contribution in [3.63, 3.8) is 0 Å². The Kier molecular flexibility index (Phi) is 32.8. The monoisotopic (exact) mass is 328 g/mol. The van der Waals surface area contributed by atoms with Gasteiger partial charge in [0.25, 0.3) is 0 Å². The molecule has 130 valence electrons. The van der Waals surface area contributed by atoms with Crippen LogP contribution in [0.2, 0.25) is 0 Å². The maximum Gasteiger partial charge on any atom is 0.394 e. The smallest absolute Gasteiger partial charge is 0.394 e. The van der Waals surface area contributed by atoms with Crippen LogP contribution in [0.1, 0.15) is 19.8 Å². The van der Waals surface area contributed by atoms with Crippen molar-refractivity contribution in [2.24, 2.45) is 0 Å². The summed E-state index contributed by atoms with van der Waals surface area (Å²) in [6.07, 6.45) is 6.87. The van der Waals surface area contributed by atoms with E-state index >= 15 is 0 Å². The Balaban J connectivity index is -0.0000000443. The van der Waals surface area contributed by atoms with Crippen molar-refractivity contribution < 1.29 is 44.9 Å². The summed E-state index contributed by atoms with van der Waals surface area (Å²) in [5.74, 6) is 0. The molecular weight excluding hydrogens is 300 g/mol. The summed E-state index contributed by atoms with van der Waals surface area (Å²) in [7, 11) is -2.57. The van der Waals surface area contributed by atoms with E-state index in [4.69, 9.17) is 17.5 Å². The van der Waals surface area contributed by atoms with Crippen LogP contribution in [0.25, 0.3) is 0 Å². The molecule has 0 aromatic rings. The Morgan fingerprint density at radius 1 is 1.05 bits per heavy atom. The van der Waals surface area contributed by atoms with Gasteiger partial charge in [0.05, 0.1) is 6.67 Å². The minimum Gasteiger partial charge on any atom is -0.412 e. The highest BCUT2D eigenvalue weighted by Crippen LogP contribution is 2.04.